The highest BCUT2D eigenvalue weighted by atomic mass is 32.2. The summed E-state index contributed by atoms with van der Waals surface area (Å²) in [5.74, 6) is 0.123. The van der Waals surface area contributed by atoms with Gasteiger partial charge in [0.25, 0.3) is 0 Å². The third kappa shape index (κ3) is 4.44. The van der Waals surface area contributed by atoms with E-state index in [-0.39, 0.29) is 17.1 Å². The Morgan fingerprint density at radius 2 is 1.88 bits per heavy atom. The number of unbranched alkanes of at least 4 members (excludes halogenated alkanes) is 1. The molecule has 142 valence electrons. The summed E-state index contributed by atoms with van der Waals surface area (Å²) in [6, 6.07) is 7.32. The fourth-order valence-corrected chi connectivity index (χ4v) is 3.61. The molecule has 0 aliphatic rings. The van der Waals surface area contributed by atoms with Crippen molar-refractivity contribution in [1.29, 1.82) is 0 Å². The molecule has 2 rings (SSSR count). The maximum atomic E-state index is 12.5. The van der Waals surface area contributed by atoms with E-state index < -0.39 is 21.2 Å². The molecule has 0 atom stereocenters. The van der Waals surface area contributed by atoms with Crippen LogP contribution < -0.4 is 14.9 Å². The Bertz CT molecular complexity index is 918. The van der Waals surface area contributed by atoms with Crippen LogP contribution in [0.3, 0.4) is 0 Å². The highest BCUT2D eigenvalue weighted by Crippen LogP contribution is 2.18. The molecule has 0 radical (unpaired) electrons. The molecule has 0 saturated heterocycles. The fraction of sp³-hybridized carbons (Fsp3) is 0.389. The number of nitrogens with zero attached hydrogens (tertiary/aromatic N) is 1. The summed E-state index contributed by atoms with van der Waals surface area (Å²) in [4.78, 5) is 12.0. The molecule has 2 aromatic rings. The van der Waals surface area contributed by atoms with Crippen LogP contribution >= 0.6 is 0 Å². The van der Waals surface area contributed by atoms with Crippen LogP contribution in [0.25, 0.3) is 0 Å². The van der Waals surface area contributed by atoms with E-state index in [1.807, 2.05) is 6.92 Å². The number of rotatable bonds is 8. The van der Waals surface area contributed by atoms with Crippen LogP contribution in [0.1, 0.15) is 31.2 Å². The van der Waals surface area contributed by atoms with Crippen LogP contribution in [0.5, 0.6) is 11.5 Å². The van der Waals surface area contributed by atoms with Gasteiger partial charge in [-0.25, -0.2) is 13.1 Å². The van der Waals surface area contributed by atoms with Gasteiger partial charge in [-0.1, -0.05) is 13.3 Å². The van der Waals surface area contributed by atoms with E-state index in [1.165, 1.54) is 25.3 Å². The SMILES string of the molecule is CCCCn1c(C)cc(=O)c(O)c1CNS(=O)(=O)c1ccc(OC)cc1. The third-order valence-electron chi connectivity index (χ3n) is 4.13. The van der Waals surface area contributed by atoms with Gasteiger partial charge in [-0.2, -0.15) is 0 Å². The van der Waals surface area contributed by atoms with Crippen molar-refractivity contribution >= 4 is 10.0 Å². The molecule has 0 unspecified atom stereocenters. The van der Waals surface area contributed by atoms with Gasteiger partial charge >= 0.3 is 0 Å². The van der Waals surface area contributed by atoms with Crippen LogP contribution in [-0.4, -0.2) is 25.2 Å². The normalized spacial score (nSPS) is 11.5. The van der Waals surface area contributed by atoms with Gasteiger partial charge < -0.3 is 14.4 Å². The number of ether oxygens (including phenoxy) is 1. The topological polar surface area (TPSA) is 97.6 Å². The standard InChI is InChI=1S/C18H24N2O5S/c1-4-5-10-20-13(2)11-17(21)18(22)16(20)12-19-26(23,24)15-8-6-14(25-3)7-9-15/h6-9,11,19,22H,4-5,10,12H2,1-3H3. The van der Waals surface area contributed by atoms with Gasteiger partial charge in [0.15, 0.2) is 5.75 Å². The molecule has 0 bridgehead atoms. The summed E-state index contributed by atoms with van der Waals surface area (Å²) < 4.78 is 34.2. The van der Waals surface area contributed by atoms with Crippen molar-refractivity contribution in [3.8, 4) is 11.5 Å². The van der Waals surface area contributed by atoms with Crippen molar-refractivity contribution < 1.29 is 18.3 Å². The van der Waals surface area contributed by atoms with Crippen molar-refractivity contribution in [2.24, 2.45) is 0 Å². The van der Waals surface area contributed by atoms with E-state index in [2.05, 4.69) is 4.72 Å². The summed E-state index contributed by atoms with van der Waals surface area (Å²) in [5.41, 5.74) is 0.425. The molecule has 26 heavy (non-hydrogen) atoms. The van der Waals surface area contributed by atoms with E-state index in [9.17, 15) is 18.3 Å². The second-order valence-electron chi connectivity index (χ2n) is 5.95. The molecule has 1 heterocycles. The van der Waals surface area contributed by atoms with E-state index in [0.29, 0.717) is 18.0 Å². The molecule has 8 heteroatoms. The van der Waals surface area contributed by atoms with E-state index in [1.54, 1.807) is 23.6 Å². The zero-order chi connectivity index (χ0) is 19.3. The number of sulfonamides is 1. The molecule has 1 aromatic carbocycles. The maximum Gasteiger partial charge on any atom is 0.240 e. The first-order valence-corrected chi connectivity index (χ1v) is 9.84. The Hall–Kier alpha value is -2.32. The predicted molar refractivity (Wildman–Crippen MR) is 99.0 cm³/mol. The molecule has 0 fully saturated rings. The number of aromatic hydroxyl groups is 1. The third-order valence-corrected chi connectivity index (χ3v) is 5.55. The van der Waals surface area contributed by atoms with Gasteiger partial charge in [-0.05, 0) is 37.6 Å². The van der Waals surface area contributed by atoms with Gasteiger partial charge in [0.1, 0.15) is 5.75 Å². The smallest absolute Gasteiger partial charge is 0.240 e. The first-order valence-electron chi connectivity index (χ1n) is 8.36. The largest absolute Gasteiger partial charge is 0.503 e. The summed E-state index contributed by atoms with van der Waals surface area (Å²) in [6.07, 6.45) is 1.78. The molecule has 0 saturated carbocycles. The van der Waals surface area contributed by atoms with E-state index >= 15 is 0 Å². The Balaban J connectivity index is 2.31. The fourth-order valence-electron chi connectivity index (χ4n) is 2.63. The van der Waals surface area contributed by atoms with Crippen LogP contribution in [0, 0.1) is 6.92 Å². The monoisotopic (exact) mass is 380 g/mol. The maximum absolute atomic E-state index is 12.5. The van der Waals surface area contributed by atoms with Crippen molar-refractivity contribution in [3.63, 3.8) is 0 Å². The lowest BCUT2D eigenvalue weighted by molar-refractivity contribution is 0.414. The summed E-state index contributed by atoms with van der Waals surface area (Å²) in [5, 5.41) is 10.2. The average molecular weight is 380 g/mol. The number of hydrogen-bond acceptors (Lipinski definition) is 5. The van der Waals surface area contributed by atoms with Gasteiger partial charge in [0, 0.05) is 18.3 Å². The van der Waals surface area contributed by atoms with Crippen molar-refractivity contribution in [1.82, 2.24) is 9.29 Å². The highest BCUT2D eigenvalue weighted by Gasteiger charge is 2.18. The molecular formula is C18H24N2O5S. The number of hydrogen-bond donors (Lipinski definition) is 2. The van der Waals surface area contributed by atoms with Crippen LogP contribution in [-0.2, 0) is 23.1 Å². The summed E-state index contributed by atoms with van der Waals surface area (Å²) in [7, 11) is -2.30. The van der Waals surface area contributed by atoms with Crippen LogP contribution in [0.4, 0.5) is 0 Å². The molecule has 0 spiro atoms. The zero-order valence-electron chi connectivity index (χ0n) is 15.2. The summed E-state index contributed by atoms with van der Waals surface area (Å²) >= 11 is 0. The number of aryl methyl sites for hydroxylation is 1. The lowest BCUT2D eigenvalue weighted by Crippen LogP contribution is -2.27. The molecule has 0 aliphatic carbocycles. The second kappa shape index (κ2) is 8.37. The predicted octanol–water partition coefficient (Wildman–Crippen LogP) is 2.15. The van der Waals surface area contributed by atoms with Gasteiger partial charge in [0.05, 0.1) is 24.2 Å². The minimum absolute atomic E-state index is 0.0768. The first kappa shape index (κ1) is 20.0. The van der Waals surface area contributed by atoms with E-state index in [4.69, 9.17) is 4.74 Å². The van der Waals surface area contributed by atoms with Gasteiger partial charge in [0.2, 0.25) is 15.5 Å². The molecule has 2 N–H and O–H groups in total. The molecule has 0 amide bonds. The van der Waals surface area contributed by atoms with Crippen molar-refractivity contribution in [2.45, 2.75) is 44.7 Å². The zero-order valence-corrected chi connectivity index (χ0v) is 16.0. The van der Waals surface area contributed by atoms with Gasteiger partial charge in [-0.15, -0.1) is 0 Å². The molecule has 0 aliphatic heterocycles. The molecule has 7 nitrogen and oxygen atoms in total. The highest BCUT2D eigenvalue weighted by molar-refractivity contribution is 7.89. The van der Waals surface area contributed by atoms with E-state index in [0.717, 1.165) is 12.8 Å². The second-order valence-corrected chi connectivity index (χ2v) is 7.72. The number of methoxy groups -OCH3 is 1. The number of benzene rings is 1. The molecule has 1 aromatic heterocycles. The quantitative estimate of drug-likeness (QED) is 0.731. The van der Waals surface area contributed by atoms with Crippen LogP contribution in [0.2, 0.25) is 0 Å². The Morgan fingerprint density at radius 1 is 1.23 bits per heavy atom. The first-order chi connectivity index (χ1) is 12.3. The minimum atomic E-state index is -3.80. The number of nitrogens with one attached hydrogen (secondary N) is 1. The number of aromatic nitrogens is 1. The Labute approximate surface area is 153 Å². The minimum Gasteiger partial charge on any atom is -0.503 e. The lowest BCUT2D eigenvalue weighted by atomic mass is 10.2. The van der Waals surface area contributed by atoms with Crippen LogP contribution in [0.15, 0.2) is 40.0 Å². The van der Waals surface area contributed by atoms with Crippen molar-refractivity contribution in [2.75, 3.05) is 7.11 Å². The Morgan fingerprint density at radius 3 is 2.46 bits per heavy atom. The summed E-state index contributed by atoms with van der Waals surface area (Å²) in [6.45, 7) is 4.21. The molecular weight excluding hydrogens is 356 g/mol. The van der Waals surface area contributed by atoms with Crippen molar-refractivity contribution in [3.05, 3.63) is 51.9 Å². The van der Waals surface area contributed by atoms with Gasteiger partial charge in [-0.3, -0.25) is 4.79 Å². The average Bonchev–Trinajstić information content (AvgIpc) is 2.62. The Kier molecular flexibility index (Phi) is 6.44. The number of pyridine rings is 1. The lowest BCUT2D eigenvalue weighted by Gasteiger charge is -2.18.